The van der Waals surface area contributed by atoms with Crippen LogP contribution < -0.4 is 0 Å². The van der Waals surface area contributed by atoms with Crippen molar-refractivity contribution in [1.82, 2.24) is 24.1 Å². The summed E-state index contributed by atoms with van der Waals surface area (Å²) in [6.07, 6.45) is 0. The zero-order valence-electron chi connectivity index (χ0n) is 32.7. The first-order chi connectivity index (χ1) is 30.2. The van der Waals surface area contributed by atoms with E-state index in [1.807, 2.05) is 29.5 Å². The van der Waals surface area contributed by atoms with Gasteiger partial charge in [0.1, 0.15) is 0 Å². The number of benzene rings is 9. The quantitative estimate of drug-likeness (QED) is 0.174. The molecule has 9 aromatic carbocycles. The largest absolute Gasteiger partial charge is 0.309 e. The molecular formula is C55H33N5S. The van der Waals surface area contributed by atoms with E-state index >= 15 is 0 Å². The lowest BCUT2D eigenvalue weighted by atomic mass is 9.99. The Balaban J connectivity index is 1.03. The predicted octanol–water partition coefficient (Wildman–Crippen LogP) is 14.6. The van der Waals surface area contributed by atoms with Gasteiger partial charge in [0.25, 0.3) is 0 Å². The normalized spacial score (nSPS) is 11.9. The second kappa shape index (κ2) is 13.3. The van der Waals surface area contributed by atoms with Crippen LogP contribution in [0.3, 0.4) is 0 Å². The van der Waals surface area contributed by atoms with E-state index in [1.165, 1.54) is 52.9 Å². The van der Waals surface area contributed by atoms with E-state index in [2.05, 4.69) is 191 Å². The van der Waals surface area contributed by atoms with E-state index in [1.54, 1.807) is 0 Å². The molecule has 0 unspecified atom stereocenters. The van der Waals surface area contributed by atoms with Crippen molar-refractivity contribution in [1.29, 1.82) is 0 Å². The third-order valence-electron chi connectivity index (χ3n) is 12.2. The van der Waals surface area contributed by atoms with Crippen LogP contribution in [0.1, 0.15) is 0 Å². The third kappa shape index (κ3) is 5.22. The molecule has 6 heteroatoms. The maximum atomic E-state index is 5.40. The van der Waals surface area contributed by atoms with Crippen molar-refractivity contribution in [2.24, 2.45) is 0 Å². The van der Waals surface area contributed by atoms with Gasteiger partial charge in [-0.15, -0.1) is 11.3 Å². The second-order valence-corrected chi connectivity index (χ2v) is 16.7. The van der Waals surface area contributed by atoms with E-state index in [9.17, 15) is 0 Å². The van der Waals surface area contributed by atoms with Crippen LogP contribution in [-0.2, 0) is 0 Å². The van der Waals surface area contributed by atoms with Gasteiger partial charge in [-0.2, -0.15) is 9.97 Å². The van der Waals surface area contributed by atoms with Crippen LogP contribution in [-0.4, -0.2) is 24.1 Å². The molecule has 0 bridgehead atoms. The summed E-state index contributed by atoms with van der Waals surface area (Å²) >= 11 is 1.81. The van der Waals surface area contributed by atoms with E-state index in [4.69, 9.17) is 15.0 Å². The van der Waals surface area contributed by atoms with Crippen LogP contribution in [0.25, 0.3) is 120 Å². The Hall–Kier alpha value is -7.93. The van der Waals surface area contributed by atoms with Gasteiger partial charge in [-0.25, -0.2) is 4.98 Å². The number of thiophene rings is 1. The summed E-state index contributed by atoms with van der Waals surface area (Å²) in [6.45, 7) is 0. The predicted molar refractivity (Wildman–Crippen MR) is 255 cm³/mol. The summed E-state index contributed by atoms with van der Waals surface area (Å²) in [6, 6.07) is 71.4. The number of rotatable bonds is 5. The van der Waals surface area contributed by atoms with Gasteiger partial charge in [-0.1, -0.05) is 140 Å². The molecule has 4 heterocycles. The Morgan fingerprint density at radius 3 is 1.56 bits per heavy atom. The molecule has 5 nitrogen and oxygen atoms in total. The molecule has 0 saturated carbocycles. The topological polar surface area (TPSA) is 48.5 Å². The van der Waals surface area contributed by atoms with E-state index in [-0.39, 0.29) is 0 Å². The highest BCUT2D eigenvalue weighted by Gasteiger charge is 2.21. The molecule has 284 valence electrons. The fraction of sp³-hybridized carbons (Fsp3) is 0. The number of nitrogens with zero attached hydrogens (tertiary/aromatic N) is 5. The number of fused-ring (bicyclic) bond motifs is 11. The highest BCUT2D eigenvalue weighted by Crippen LogP contribution is 2.43. The minimum absolute atomic E-state index is 0.582. The average Bonchev–Trinajstić information content (AvgIpc) is 3.99. The van der Waals surface area contributed by atoms with Crippen molar-refractivity contribution in [2.75, 3.05) is 0 Å². The minimum Gasteiger partial charge on any atom is -0.309 e. The van der Waals surface area contributed by atoms with Crippen LogP contribution in [0.15, 0.2) is 200 Å². The molecule has 0 aliphatic heterocycles. The molecule has 0 aliphatic rings. The van der Waals surface area contributed by atoms with Crippen molar-refractivity contribution >= 4 is 85.9 Å². The molecule has 0 saturated heterocycles. The number of para-hydroxylation sites is 3. The van der Waals surface area contributed by atoms with Crippen molar-refractivity contribution in [3.05, 3.63) is 200 Å². The highest BCUT2D eigenvalue weighted by atomic mass is 32.1. The van der Waals surface area contributed by atoms with E-state index < -0.39 is 0 Å². The SMILES string of the molecule is c1ccc(-c2nc(-c3cc4sc5ccccc5c4c4ccccc34)nc(-n3c4ccccc4c4cc(-c5ccc6c(c5)c5ccccc5n6-c5ccccc5)ccc43)n2)cc1. The summed E-state index contributed by atoms with van der Waals surface area (Å²) in [7, 11) is 0. The zero-order chi connectivity index (χ0) is 40.0. The van der Waals surface area contributed by atoms with Crippen molar-refractivity contribution in [2.45, 2.75) is 0 Å². The average molecular weight is 796 g/mol. The van der Waals surface area contributed by atoms with Gasteiger partial charge in [0, 0.05) is 58.5 Å². The zero-order valence-corrected chi connectivity index (χ0v) is 33.5. The Morgan fingerprint density at radius 1 is 0.328 bits per heavy atom. The lowest BCUT2D eigenvalue weighted by Crippen LogP contribution is -2.06. The summed E-state index contributed by atoms with van der Waals surface area (Å²) < 4.78 is 7.06. The molecular weight excluding hydrogens is 763 g/mol. The van der Waals surface area contributed by atoms with Crippen molar-refractivity contribution < 1.29 is 0 Å². The van der Waals surface area contributed by atoms with Gasteiger partial charge in [0.2, 0.25) is 5.95 Å². The summed E-state index contributed by atoms with van der Waals surface area (Å²) in [5, 5.41) is 9.61. The molecule has 4 aromatic heterocycles. The Bertz CT molecular complexity index is 3880. The standard InChI is InChI=1S/C55H33N5S/c1-3-15-34(16-4-1)53-56-54(45-33-51-52(41-22-8-7-19-38(41)45)42-23-11-14-26-50(42)61-51)58-55(57-53)60-47-25-13-10-21-40(47)44-32-36(28-30-49(44)60)35-27-29-48-43(31-35)39-20-9-12-24-46(39)59(48)37-17-5-2-6-18-37/h1-33H. The molecule has 0 fully saturated rings. The first kappa shape index (κ1) is 34.0. The molecule has 0 N–H and O–H groups in total. The number of hydrogen-bond donors (Lipinski definition) is 0. The molecule has 61 heavy (non-hydrogen) atoms. The van der Waals surface area contributed by atoms with Gasteiger partial charge in [0.05, 0.1) is 22.1 Å². The molecule has 0 radical (unpaired) electrons. The molecule has 0 aliphatic carbocycles. The van der Waals surface area contributed by atoms with Crippen molar-refractivity contribution in [3.63, 3.8) is 0 Å². The summed E-state index contributed by atoms with van der Waals surface area (Å²) in [5.74, 6) is 1.86. The second-order valence-electron chi connectivity index (χ2n) is 15.6. The molecule has 13 aromatic rings. The van der Waals surface area contributed by atoms with Crippen LogP contribution in [0.5, 0.6) is 0 Å². The lowest BCUT2D eigenvalue weighted by Gasteiger charge is -2.13. The lowest BCUT2D eigenvalue weighted by molar-refractivity contribution is 0.954. The molecule has 0 atom stereocenters. The number of hydrogen-bond acceptors (Lipinski definition) is 4. The van der Waals surface area contributed by atoms with Gasteiger partial charge >= 0.3 is 0 Å². The Labute approximate surface area is 354 Å². The van der Waals surface area contributed by atoms with E-state index in [0.29, 0.717) is 17.6 Å². The van der Waals surface area contributed by atoms with Crippen LogP contribution in [0, 0.1) is 0 Å². The summed E-state index contributed by atoms with van der Waals surface area (Å²) in [4.78, 5) is 15.9. The van der Waals surface area contributed by atoms with Crippen LogP contribution in [0.2, 0.25) is 0 Å². The van der Waals surface area contributed by atoms with Gasteiger partial charge in [-0.05, 0) is 82.6 Å². The first-order valence-corrected chi connectivity index (χ1v) is 21.3. The van der Waals surface area contributed by atoms with Crippen LogP contribution in [0.4, 0.5) is 0 Å². The fourth-order valence-corrected chi connectivity index (χ4v) is 10.6. The Morgan fingerprint density at radius 2 is 0.852 bits per heavy atom. The molecule has 13 rings (SSSR count). The number of aromatic nitrogens is 5. The Kier molecular flexibility index (Phi) is 7.41. The van der Waals surface area contributed by atoms with Crippen LogP contribution >= 0.6 is 11.3 Å². The van der Waals surface area contributed by atoms with Crippen molar-refractivity contribution in [3.8, 4) is 45.5 Å². The monoisotopic (exact) mass is 795 g/mol. The smallest absolute Gasteiger partial charge is 0.238 e. The van der Waals surface area contributed by atoms with E-state index in [0.717, 1.165) is 49.6 Å². The maximum Gasteiger partial charge on any atom is 0.238 e. The third-order valence-corrected chi connectivity index (χ3v) is 13.3. The van der Waals surface area contributed by atoms with Gasteiger partial charge < -0.3 is 4.57 Å². The first-order valence-electron chi connectivity index (χ1n) is 20.5. The van der Waals surface area contributed by atoms with Gasteiger partial charge in [-0.3, -0.25) is 4.57 Å². The minimum atomic E-state index is 0.582. The van der Waals surface area contributed by atoms with Gasteiger partial charge in [0.15, 0.2) is 11.6 Å². The molecule has 0 spiro atoms. The highest BCUT2D eigenvalue weighted by molar-refractivity contribution is 7.26. The fourth-order valence-electron chi connectivity index (χ4n) is 9.45. The molecule has 0 amide bonds. The summed E-state index contributed by atoms with van der Waals surface area (Å²) in [5.41, 5.74) is 9.86. The maximum absolute atomic E-state index is 5.40.